The van der Waals surface area contributed by atoms with Crippen molar-refractivity contribution in [3.05, 3.63) is 18.2 Å². The van der Waals surface area contributed by atoms with E-state index in [4.69, 9.17) is 5.73 Å². The summed E-state index contributed by atoms with van der Waals surface area (Å²) in [7, 11) is -3.38. The summed E-state index contributed by atoms with van der Waals surface area (Å²) < 4.78 is 26.5. The molecule has 64 valence electrons. The molecule has 0 atom stereocenters. The molecule has 0 aliphatic carbocycles. The number of nitrogens with one attached hydrogen (secondary N) is 2. The van der Waals surface area contributed by atoms with E-state index in [1.165, 1.54) is 0 Å². The zero-order chi connectivity index (χ0) is 8.77. The molecule has 12 heavy (non-hydrogen) atoms. The summed E-state index contributed by atoms with van der Waals surface area (Å²) in [6, 6.07) is 4.81. The van der Waals surface area contributed by atoms with Crippen LogP contribution in [-0.4, -0.2) is 8.42 Å². The van der Waals surface area contributed by atoms with Crippen LogP contribution in [0.1, 0.15) is 0 Å². The Balaban J connectivity index is 2.56. The van der Waals surface area contributed by atoms with E-state index in [0.29, 0.717) is 17.1 Å². The summed E-state index contributed by atoms with van der Waals surface area (Å²) in [6.07, 6.45) is 0. The molecule has 0 fully saturated rings. The van der Waals surface area contributed by atoms with E-state index in [1.807, 2.05) is 0 Å². The van der Waals surface area contributed by atoms with E-state index in [2.05, 4.69) is 9.44 Å². The summed E-state index contributed by atoms with van der Waals surface area (Å²) in [4.78, 5) is 0. The molecule has 0 spiro atoms. The maximum atomic E-state index is 10.9. The monoisotopic (exact) mass is 185 g/mol. The Hall–Kier alpha value is -1.43. The Labute approximate surface area is 69.8 Å². The molecule has 0 aromatic heterocycles. The van der Waals surface area contributed by atoms with Crippen molar-refractivity contribution in [3.63, 3.8) is 0 Å². The minimum atomic E-state index is -3.38. The van der Waals surface area contributed by atoms with Crippen molar-refractivity contribution in [2.24, 2.45) is 0 Å². The van der Waals surface area contributed by atoms with Crippen LogP contribution in [0.3, 0.4) is 0 Å². The van der Waals surface area contributed by atoms with Crippen LogP contribution < -0.4 is 15.2 Å². The van der Waals surface area contributed by atoms with Crippen LogP contribution in [0.2, 0.25) is 0 Å². The highest BCUT2D eigenvalue weighted by molar-refractivity contribution is 7.94. The second kappa shape index (κ2) is 2.04. The lowest BCUT2D eigenvalue weighted by Crippen LogP contribution is -2.12. The first kappa shape index (κ1) is 7.23. The highest BCUT2D eigenvalue weighted by atomic mass is 32.2. The third-order valence-electron chi connectivity index (χ3n) is 1.53. The molecule has 4 N–H and O–H groups in total. The quantitative estimate of drug-likeness (QED) is 0.510. The molecule has 0 amide bonds. The van der Waals surface area contributed by atoms with Gasteiger partial charge in [-0.2, -0.15) is 8.42 Å². The first-order chi connectivity index (χ1) is 5.57. The van der Waals surface area contributed by atoms with Crippen LogP contribution in [0.15, 0.2) is 18.2 Å². The van der Waals surface area contributed by atoms with Gasteiger partial charge in [0.15, 0.2) is 0 Å². The van der Waals surface area contributed by atoms with Gasteiger partial charge in [-0.25, -0.2) is 0 Å². The van der Waals surface area contributed by atoms with Crippen LogP contribution in [0, 0.1) is 0 Å². The minimum absolute atomic E-state index is 0.495. The van der Waals surface area contributed by atoms with Crippen molar-refractivity contribution < 1.29 is 8.42 Å². The maximum Gasteiger partial charge on any atom is 0.321 e. The lowest BCUT2D eigenvalue weighted by Gasteiger charge is -1.95. The molecule has 0 bridgehead atoms. The third-order valence-corrected chi connectivity index (χ3v) is 2.51. The molecule has 0 saturated carbocycles. The second-order valence-corrected chi connectivity index (χ2v) is 3.93. The summed E-state index contributed by atoms with van der Waals surface area (Å²) >= 11 is 0. The van der Waals surface area contributed by atoms with Gasteiger partial charge in [-0.15, -0.1) is 0 Å². The summed E-state index contributed by atoms with van der Waals surface area (Å²) in [5.41, 5.74) is 7.01. The highest BCUT2D eigenvalue weighted by Crippen LogP contribution is 2.30. The SMILES string of the molecule is Nc1ccc2c(c1)NS(=O)(=O)N2. The number of nitrogens with two attached hydrogens (primary N) is 1. The Morgan fingerprint density at radius 3 is 2.58 bits per heavy atom. The number of hydrogen-bond donors (Lipinski definition) is 3. The van der Waals surface area contributed by atoms with Gasteiger partial charge >= 0.3 is 10.2 Å². The number of benzene rings is 1. The number of fused-ring (bicyclic) bond motifs is 1. The van der Waals surface area contributed by atoms with Gasteiger partial charge < -0.3 is 5.73 Å². The van der Waals surface area contributed by atoms with E-state index >= 15 is 0 Å². The first-order valence-corrected chi connectivity index (χ1v) is 4.75. The van der Waals surface area contributed by atoms with Crippen LogP contribution in [-0.2, 0) is 10.2 Å². The number of hydrogen-bond acceptors (Lipinski definition) is 3. The Kier molecular flexibility index (Phi) is 1.23. The second-order valence-electron chi connectivity index (χ2n) is 2.51. The number of anilines is 3. The molecule has 1 aromatic rings. The average Bonchev–Trinajstić information content (AvgIpc) is 2.21. The van der Waals surface area contributed by atoms with E-state index in [0.717, 1.165) is 0 Å². The van der Waals surface area contributed by atoms with E-state index in [-0.39, 0.29) is 0 Å². The molecule has 0 saturated heterocycles. The topological polar surface area (TPSA) is 84.2 Å². The lowest BCUT2D eigenvalue weighted by atomic mass is 10.2. The molecular weight excluding hydrogens is 178 g/mol. The number of nitrogen functional groups attached to an aromatic ring is 1. The van der Waals surface area contributed by atoms with Gasteiger partial charge in [0.2, 0.25) is 0 Å². The van der Waals surface area contributed by atoms with Crippen molar-refractivity contribution in [1.29, 1.82) is 0 Å². The van der Waals surface area contributed by atoms with Crippen molar-refractivity contribution in [1.82, 2.24) is 0 Å². The largest absolute Gasteiger partial charge is 0.399 e. The molecule has 6 heteroatoms. The molecular formula is C6H7N3O2S. The van der Waals surface area contributed by atoms with Gasteiger partial charge in [0.1, 0.15) is 0 Å². The fraction of sp³-hybridized carbons (Fsp3) is 0. The molecule has 0 unspecified atom stereocenters. The van der Waals surface area contributed by atoms with Crippen LogP contribution in [0.25, 0.3) is 0 Å². The van der Waals surface area contributed by atoms with Gasteiger partial charge in [0.05, 0.1) is 11.4 Å². The zero-order valence-corrected chi connectivity index (χ0v) is 6.85. The molecule has 1 heterocycles. The lowest BCUT2D eigenvalue weighted by molar-refractivity contribution is 0.607. The van der Waals surface area contributed by atoms with E-state index in [1.54, 1.807) is 18.2 Å². The first-order valence-electron chi connectivity index (χ1n) is 3.27. The van der Waals surface area contributed by atoms with Gasteiger partial charge in [0, 0.05) is 5.69 Å². The molecule has 5 nitrogen and oxygen atoms in total. The summed E-state index contributed by atoms with van der Waals surface area (Å²) in [5, 5.41) is 0. The highest BCUT2D eigenvalue weighted by Gasteiger charge is 2.21. The normalized spacial score (nSPS) is 17.7. The molecule has 1 aliphatic rings. The van der Waals surface area contributed by atoms with E-state index < -0.39 is 10.2 Å². The Morgan fingerprint density at radius 1 is 1.17 bits per heavy atom. The zero-order valence-electron chi connectivity index (χ0n) is 6.03. The van der Waals surface area contributed by atoms with E-state index in [9.17, 15) is 8.42 Å². The summed E-state index contributed by atoms with van der Waals surface area (Å²) in [6.45, 7) is 0. The molecule has 1 aromatic carbocycles. The van der Waals surface area contributed by atoms with Gasteiger partial charge in [0.25, 0.3) is 0 Å². The Morgan fingerprint density at radius 2 is 1.83 bits per heavy atom. The average molecular weight is 185 g/mol. The third kappa shape index (κ3) is 1.06. The summed E-state index contributed by atoms with van der Waals surface area (Å²) in [5.74, 6) is 0. The van der Waals surface area contributed by atoms with Crippen LogP contribution >= 0.6 is 0 Å². The molecule has 0 radical (unpaired) electrons. The predicted octanol–water partition coefficient (Wildman–Crippen LogP) is 0.351. The van der Waals surface area contributed by atoms with Crippen molar-refractivity contribution >= 4 is 27.3 Å². The fourth-order valence-electron chi connectivity index (χ4n) is 1.05. The van der Waals surface area contributed by atoms with Crippen molar-refractivity contribution in [2.45, 2.75) is 0 Å². The molecule has 1 aliphatic heterocycles. The van der Waals surface area contributed by atoms with Crippen LogP contribution in [0.5, 0.6) is 0 Å². The maximum absolute atomic E-state index is 10.9. The fourth-order valence-corrected chi connectivity index (χ4v) is 2.03. The van der Waals surface area contributed by atoms with Crippen molar-refractivity contribution in [3.8, 4) is 0 Å². The minimum Gasteiger partial charge on any atom is -0.399 e. The smallest absolute Gasteiger partial charge is 0.321 e. The predicted molar refractivity (Wildman–Crippen MR) is 47.0 cm³/mol. The number of rotatable bonds is 0. The van der Waals surface area contributed by atoms with Gasteiger partial charge in [-0.1, -0.05) is 0 Å². The van der Waals surface area contributed by atoms with Gasteiger partial charge in [-0.05, 0) is 18.2 Å². The molecule has 2 rings (SSSR count). The Bertz CT molecular complexity index is 426. The van der Waals surface area contributed by atoms with Crippen molar-refractivity contribution in [2.75, 3.05) is 15.2 Å². The standard InChI is InChI=1S/C6H7N3O2S/c7-4-1-2-5-6(3-4)9-12(10,11)8-5/h1-3,8-9H,7H2. The van der Waals surface area contributed by atoms with Crippen LogP contribution in [0.4, 0.5) is 17.1 Å². The van der Waals surface area contributed by atoms with Gasteiger partial charge in [-0.3, -0.25) is 9.44 Å².